The molecule has 1 aliphatic heterocycles. The predicted octanol–water partition coefficient (Wildman–Crippen LogP) is 6.95. The SMILES string of the molecule is Cc1ccc2cc(-c3oc4cc(C(=O)N5CC6CCC5[C@@H]6C)ccc4c3C)n(CC3CC3)c2c1. The van der Waals surface area contributed by atoms with Gasteiger partial charge in [-0.15, -0.1) is 0 Å². The molecule has 4 aromatic rings. The van der Waals surface area contributed by atoms with Crippen LogP contribution in [0.5, 0.6) is 0 Å². The van der Waals surface area contributed by atoms with Gasteiger partial charge in [0.25, 0.3) is 5.91 Å². The van der Waals surface area contributed by atoms with Gasteiger partial charge in [0.05, 0.1) is 5.69 Å². The lowest BCUT2D eigenvalue weighted by Gasteiger charge is -2.27. The molecule has 2 aliphatic carbocycles. The maximum absolute atomic E-state index is 13.4. The Morgan fingerprint density at radius 3 is 2.62 bits per heavy atom. The number of aromatic nitrogens is 1. The van der Waals surface area contributed by atoms with Gasteiger partial charge < -0.3 is 13.9 Å². The monoisotopic (exact) mass is 452 g/mol. The Kier molecular flexibility index (Phi) is 4.34. The van der Waals surface area contributed by atoms with Gasteiger partial charge in [-0.2, -0.15) is 0 Å². The van der Waals surface area contributed by atoms with Crippen molar-refractivity contribution in [2.24, 2.45) is 17.8 Å². The predicted molar refractivity (Wildman–Crippen MR) is 136 cm³/mol. The lowest BCUT2D eigenvalue weighted by molar-refractivity contribution is 0.0696. The first-order valence-electron chi connectivity index (χ1n) is 12.9. The smallest absolute Gasteiger partial charge is 0.254 e. The van der Waals surface area contributed by atoms with E-state index in [1.807, 2.05) is 12.1 Å². The van der Waals surface area contributed by atoms with E-state index in [1.165, 1.54) is 35.7 Å². The maximum atomic E-state index is 13.4. The Morgan fingerprint density at radius 2 is 1.88 bits per heavy atom. The molecule has 3 atom stereocenters. The molecule has 2 bridgehead atoms. The van der Waals surface area contributed by atoms with Gasteiger partial charge in [0.2, 0.25) is 0 Å². The van der Waals surface area contributed by atoms with Gasteiger partial charge >= 0.3 is 0 Å². The number of carbonyl (C=O) groups excluding carboxylic acids is 1. The average molecular weight is 453 g/mol. The number of furan rings is 1. The van der Waals surface area contributed by atoms with E-state index in [2.05, 4.69) is 60.6 Å². The molecule has 2 saturated carbocycles. The van der Waals surface area contributed by atoms with Crippen molar-refractivity contribution in [2.45, 2.75) is 59.0 Å². The van der Waals surface area contributed by atoms with E-state index in [-0.39, 0.29) is 5.91 Å². The standard InChI is InChI=1S/C30H32N2O2/c1-17-4-7-21-13-27(31(26(21)12-17)15-20-5-6-20)29-19(3)24-10-8-22(14-28(24)34-29)30(33)32-16-23-9-11-25(32)18(23)2/h4,7-8,10,12-14,18,20,23,25H,5-6,9,11,15-16H2,1-3H3/t18-,23?,25?/m1/s1. The molecule has 0 spiro atoms. The van der Waals surface area contributed by atoms with E-state index in [1.54, 1.807) is 0 Å². The van der Waals surface area contributed by atoms with E-state index in [0.29, 0.717) is 17.9 Å². The van der Waals surface area contributed by atoms with Crippen LogP contribution in [0.25, 0.3) is 33.3 Å². The molecule has 4 heteroatoms. The lowest BCUT2D eigenvalue weighted by atomic mass is 10.0. The Balaban J connectivity index is 1.30. The number of likely N-dealkylation sites (tertiary alicyclic amines) is 1. The highest BCUT2D eigenvalue weighted by Gasteiger charge is 2.46. The number of hydrogen-bond acceptors (Lipinski definition) is 2. The zero-order chi connectivity index (χ0) is 23.1. The van der Waals surface area contributed by atoms with Gasteiger partial charge in [0.1, 0.15) is 5.58 Å². The molecule has 1 saturated heterocycles. The molecule has 3 fully saturated rings. The van der Waals surface area contributed by atoms with Crippen LogP contribution < -0.4 is 0 Å². The highest BCUT2D eigenvalue weighted by atomic mass is 16.3. The molecule has 2 unspecified atom stereocenters. The van der Waals surface area contributed by atoms with Crippen molar-refractivity contribution in [3.8, 4) is 11.5 Å². The Morgan fingerprint density at radius 1 is 1.03 bits per heavy atom. The second-order valence-electron chi connectivity index (χ2n) is 11.1. The Bertz CT molecular complexity index is 1450. The van der Waals surface area contributed by atoms with Crippen LogP contribution >= 0.6 is 0 Å². The normalized spacial score (nSPS) is 24.1. The average Bonchev–Trinajstić information content (AvgIpc) is 3.26. The van der Waals surface area contributed by atoms with Crippen LogP contribution in [0.15, 0.2) is 46.9 Å². The fourth-order valence-corrected chi connectivity index (χ4v) is 6.62. The highest BCUT2D eigenvalue weighted by molar-refractivity contribution is 6.00. The first-order valence-corrected chi connectivity index (χ1v) is 12.9. The zero-order valence-electron chi connectivity index (χ0n) is 20.3. The summed E-state index contributed by atoms with van der Waals surface area (Å²) >= 11 is 0. The Hall–Kier alpha value is -3.01. The van der Waals surface area contributed by atoms with Crippen molar-refractivity contribution in [3.63, 3.8) is 0 Å². The van der Waals surface area contributed by atoms with Crippen molar-refractivity contribution in [2.75, 3.05) is 6.54 Å². The van der Waals surface area contributed by atoms with Crippen LogP contribution in [0.1, 0.15) is 54.1 Å². The molecular weight excluding hydrogens is 420 g/mol. The van der Waals surface area contributed by atoms with E-state index in [0.717, 1.165) is 59.0 Å². The summed E-state index contributed by atoms with van der Waals surface area (Å²) in [6, 6.07) is 15.4. The first-order chi connectivity index (χ1) is 16.5. The number of carbonyl (C=O) groups is 1. The van der Waals surface area contributed by atoms with Crippen LogP contribution in [-0.2, 0) is 6.54 Å². The number of aryl methyl sites for hydroxylation is 2. The van der Waals surface area contributed by atoms with Gasteiger partial charge in [-0.25, -0.2) is 0 Å². The molecule has 4 nitrogen and oxygen atoms in total. The number of benzene rings is 2. The van der Waals surface area contributed by atoms with Gasteiger partial charge in [-0.05, 0) is 87.1 Å². The highest BCUT2D eigenvalue weighted by Crippen LogP contribution is 2.44. The zero-order valence-corrected chi connectivity index (χ0v) is 20.3. The van der Waals surface area contributed by atoms with Crippen molar-refractivity contribution in [1.29, 1.82) is 0 Å². The minimum Gasteiger partial charge on any atom is -0.454 e. The summed E-state index contributed by atoms with van der Waals surface area (Å²) in [6.07, 6.45) is 5.04. The molecule has 0 N–H and O–H groups in total. The fourth-order valence-electron chi connectivity index (χ4n) is 6.62. The summed E-state index contributed by atoms with van der Waals surface area (Å²) in [5, 5.41) is 2.36. The van der Waals surface area contributed by atoms with Gasteiger partial charge in [-0.3, -0.25) is 4.79 Å². The van der Waals surface area contributed by atoms with Gasteiger partial charge in [0.15, 0.2) is 5.76 Å². The third kappa shape index (κ3) is 3.00. The molecule has 7 rings (SSSR count). The largest absolute Gasteiger partial charge is 0.454 e. The topological polar surface area (TPSA) is 38.4 Å². The maximum Gasteiger partial charge on any atom is 0.254 e. The number of nitrogens with zero attached hydrogens (tertiary/aromatic N) is 2. The van der Waals surface area contributed by atoms with Crippen LogP contribution in [0.4, 0.5) is 0 Å². The minimum atomic E-state index is 0.162. The molecule has 1 amide bonds. The molecule has 2 aromatic heterocycles. The number of rotatable bonds is 4. The third-order valence-electron chi connectivity index (χ3n) is 8.89. The summed E-state index contributed by atoms with van der Waals surface area (Å²) < 4.78 is 8.99. The second-order valence-corrected chi connectivity index (χ2v) is 11.1. The minimum absolute atomic E-state index is 0.162. The molecule has 3 heterocycles. The molecule has 0 radical (unpaired) electrons. The summed E-state index contributed by atoms with van der Waals surface area (Å²) in [7, 11) is 0. The quantitative estimate of drug-likeness (QED) is 0.336. The van der Waals surface area contributed by atoms with Crippen molar-refractivity contribution in [1.82, 2.24) is 9.47 Å². The van der Waals surface area contributed by atoms with Crippen LogP contribution in [0.2, 0.25) is 0 Å². The van der Waals surface area contributed by atoms with Crippen LogP contribution in [0.3, 0.4) is 0 Å². The fraction of sp³-hybridized carbons (Fsp3) is 0.433. The van der Waals surface area contributed by atoms with Gasteiger partial charge in [-0.1, -0.05) is 25.1 Å². The summed E-state index contributed by atoms with van der Waals surface area (Å²) in [4.78, 5) is 15.5. The van der Waals surface area contributed by atoms with E-state index >= 15 is 0 Å². The summed E-state index contributed by atoms with van der Waals surface area (Å²) in [5.41, 5.74) is 6.44. The number of hydrogen-bond donors (Lipinski definition) is 0. The Labute approximate surface area is 200 Å². The number of amides is 1. The molecule has 3 aliphatic rings. The van der Waals surface area contributed by atoms with Crippen LogP contribution in [-0.4, -0.2) is 28.0 Å². The summed E-state index contributed by atoms with van der Waals surface area (Å²) in [5.74, 6) is 3.16. The van der Waals surface area contributed by atoms with Crippen LogP contribution in [0, 0.1) is 31.6 Å². The van der Waals surface area contributed by atoms with Gasteiger partial charge in [0, 0.05) is 46.5 Å². The third-order valence-corrected chi connectivity index (χ3v) is 8.89. The number of piperidine rings is 1. The second kappa shape index (κ2) is 7.24. The van der Waals surface area contributed by atoms with E-state index < -0.39 is 0 Å². The molecule has 34 heavy (non-hydrogen) atoms. The molecule has 174 valence electrons. The van der Waals surface area contributed by atoms with Crippen molar-refractivity contribution in [3.05, 3.63) is 59.2 Å². The van der Waals surface area contributed by atoms with Crippen molar-refractivity contribution < 1.29 is 9.21 Å². The number of fused-ring (bicyclic) bond motifs is 4. The van der Waals surface area contributed by atoms with Crippen molar-refractivity contribution >= 4 is 27.8 Å². The summed E-state index contributed by atoms with van der Waals surface area (Å²) in [6.45, 7) is 8.56. The molecule has 2 aromatic carbocycles. The van der Waals surface area contributed by atoms with E-state index in [4.69, 9.17) is 4.42 Å². The molecular formula is C30H32N2O2. The lowest BCUT2D eigenvalue weighted by Crippen LogP contribution is -2.38. The first kappa shape index (κ1) is 20.4. The van der Waals surface area contributed by atoms with E-state index in [9.17, 15) is 4.79 Å².